The van der Waals surface area contributed by atoms with Crippen LogP contribution in [0.3, 0.4) is 0 Å². The second-order valence-electron chi connectivity index (χ2n) is 6.31. The molecule has 2 aromatic rings. The minimum atomic E-state index is -3.44. The van der Waals surface area contributed by atoms with Gasteiger partial charge in [0.2, 0.25) is 10.0 Å². The lowest BCUT2D eigenvalue weighted by Crippen LogP contribution is -2.23. The standard InChI is InChI=1S/C19H24N2O2S/c1-2-21-24(22,23)18-11-10-17(12-15-8-9-15)19(13-18)20-14-16-6-4-3-5-7-16/h3-7,10-11,13,15,20-21H,2,8-9,12,14H2,1H3. The Morgan fingerprint density at radius 3 is 2.50 bits per heavy atom. The minimum Gasteiger partial charge on any atom is -0.381 e. The van der Waals surface area contributed by atoms with Gasteiger partial charge in [0, 0.05) is 18.8 Å². The molecule has 128 valence electrons. The Morgan fingerprint density at radius 2 is 1.83 bits per heavy atom. The molecule has 0 unspecified atom stereocenters. The maximum atomic E-state index is 12.3. The molecular weight excluding hydrogens is 320 g/mol. The molecule has 0 aliphatic heterocycles. The molecule has 2 aromatic carbocycles. The van der Waals surface area contributed by atoms with Crippen LogP contribution < -0.4 is 10.0 Å². The number of sulfonamides is 1. The van der Waals surface area contributed by atoms with E-state index in [0.29, 0.717) is 18.0 Å². The highest BCUT2D eigenvalue weighted by Crippen LogP contribution is 2.35. The Hall–Kier alpha value is -1.85. The average molecular weight is 344 g/mol. The lowest BCUT2D eigenvalue weighted by atomic mass is 10.1. The lowest BCUT2D eigenvalue weighted by Gasteiger charge is -2.14. The predicted octanol–water partition coefficient (Wildman–Crippen LogP) is 3.55. The van der Waals surface area contributed by atoms with Crippen LogP contribution in [0.15, 0.2) is 53.4 Å². The van der Waals surface area contributed by atoms with Gasteiger partial charge in [-0.15, -0.1) is 0 Å². The smallest absolute Gasteiger partial charge is 0.240 e. The van der Waals surface area contributed by atoms with Gasteiger partial charge < -0.3 is 5.32 Å². The normalized spacial score (nSPS) is 14.5. The average Bonchev–Trinajstić information content (AvgIpc) is 3.39. The first-order valence-corrected chi connectivity index (χ1v) is 9.97. The van der Waals surface area contributed by atoms with Gasteiger partial charge in [-0.25, -0.2) is 13.1 Å². The van der Waals surface area contributed by atoms with Crippen LogP contribution in [0.5, 0.6) is 0 Å². The Labute approximate surface area is 144 Å². The quantitative estimate of drug-likeness (QED) is 0.770. The summed E-state index contributed by atoms with van der Waals surface area (Å²) in [4.78, 5) is 0.319. The zero-order valence-electron chi connectivity index (χ0n) is 14.0. The van der Waals surface area contributed by atoms with Gasteiger partial charge in [-0.05, 0) is 48.4 Å². The van der Waals surface area contributed by atoms with Crippen LogP contribution in [0, 0.1) is 5.92 Å². The van der Waals surface area contributed by atoms with Crippen molar-refractivity contribution < 1.29 is 8.42 Å². The summed E-state index contributed by atoms with van der Waals surface area (Å²) in [5, 5.41) is 3.43. The predicted molar refractivity (Wildman–Crippen MR) is 97.5 cm³/mol. The second-order valence-corrected chi connectivity index (χ2v) is 8.07. The number of hydrogen-bond acceptors (Lipinski definition) is 3. The number of rotatable bonds is 8. The van der Waals surface area contributed by atoms with Crippen molar-refractivity contribution in [1.29, 1.82) is 0 Å². The fraction of sp³-hybridized carbons (Fsp3) is 0.368. The first-order chi connectivity index (χ1) is 11.6. The molecule has 0 heterocycles. The molecule has 0 atom stereocenters. The van der Waals surface area contributed by atoms with Crippen molar-refractivity contribution >= 4 is 15.7 Å². The molecule has 0 radical (unpaired) electrons. The molecule has 3 rings (SSSR count). The van der Waals surface area contributed by atoms with E-state index >= 15 is 0 Å². The van der Waals surface area contributed by atoms with Gasteiger partial charge in [0.05, 0.1) is 4.90 Å². The summed E-state index contributed by atoms with van der Waals surface area (Å²) in [6.45, 7) is 2.86. The van der Waals surface area contributed by atoms with E-state index in [0.717, 1.165) is 18.0 Å². The van der Waals surface area contributed by atoms with Crippen molar-refractivity contribution in [3.05, 3.63) is 59.7 Å². The van der Waals surface area contributed by atoms with Gasteiger partial charge in [0.1, 0.15) is 0 Å². The maximum absolute atomic E-state index is 12.3. The number of hydrogen-bond donors (Lipinski definition) is 2. The largest absolute Gasteiger partial charge is 0.381 e. The van der Waals surface area contributed by atoms with E-state index in [4.69, 9.17) is 0 Å². The molecule has 5 heteroatoms. The first-order valence-electron chi connectivity index (χ1n) is 8.49. The van der Waals surface area contributed by atoms with E-state index in [-0.39, 0.29) is 0 Å². The third-order valence-electron chi connectivity index (χ3n) is 4.26. The molecule has 0 aromatic heterocycles. The Bertz CT molecular complexity index is 784. The fourth-order valence-corrected chi connectivity index (χ4v) is 3.83. The molecule has 0 amide bonds. The van der Waals surface area contributed by atoms with Gasteiger partial charge >= 0.3 is 0 Å². The highest BCUT2D eigenvalue weighted by molar-refractivity contribution is 7.89. The van der Waals surface area contributed by atoms with E-state index in [1.54, 1.807) is 19.1 Å². The SMILES string of the molecule is CCNS(=O)(=O)c1ccc(CC2CC2)c(NCc2ccccc2)c1. The summed E-state index contributed by atoms with van der Waals surface area (Å²) in [6.07, 6.45) is 3.56. The zero-order valence-corrected chi connectivity index (χ0v) is 14.8. The van der Waals surface area contributed by atoms with Crippen LogP contribution >= 0.6 is 0 Å². The van der Waals surface area contributed by atoms with Gasteiger partial charge in [0.25, 0.3) is 0 Å². The molecule has 24 heavy (non-hydrogen) atoms. The summed E-state index contributed by atoms with van der Waals surface area (Å²) in [7, 11) is -3.44. The van der Waals surface area contributed by atoms with Gasteiger partial charge in [-0.3, -0.25) is 0 Å². The second kappa shape index (κ2) is 7.36. The van der Waals surface area contributed by atoms with Crippen molar-refractivity contribution in [3.63, 3.8) is 0 Å². The topological polar surface area (TPSA) is 58.2 Å². The van der Waals surface area contributed by atoms with Crippen molar-refractivity contribution in [2.24, 2.45) is 5.92 Å². The van der Waals surface area contributed by atoms with Crippen LogP contribution in [0.1, 0.15) is 30.9 Å². The maximum Gasteiger partial charge on any atom is 0.240 e. The summed E-state index contributed by atoms with van der Waals surface area (Å²) in [5.41, 5.74) is 3.29. The van der Waals surface area contributed by atoms with Crippen molar-refractivity contribution in [1.82, 2.24) is 4.72 Å². The minimum absolute atomic E-state index is 0.319. The number of anilines is 1. The van der Waals surface area contributed by atoms with Gasteiger partial charge in [-0.2, -0.15) is 0 Å². The monoisotopic (exact) mass is 344 g/mol. The molecule has 0 spiro atoms. The Kier molecular flexibility index (Phi) is 5.21. The van der Waals surface area contributed by atoms with E-state index in [9.17, 15) is 8.42 Å². The molecule has 1 aliphatic carbocycles. The van der Waals surface area contributed by atoms with Crippen molar-refractivity contribution in [3.8, 4) is 0 Å². The van der Waals surface area contributed by atoms with E-state index in [2.05, 4.69) is 22.2 Å². The Balaban J connectivity index is 1.84. The van der Waals surface area contributed by atoms with Crippen molar-refractivity contribution in [2.45, 2.75) is 37.6 Å². The summed E-state index contributed by atoms with van der Waals surface area (Å²) < 4.78 is 27.1. The molecule has 1 saturated carbocycles. The van der Waals surface area contributed by atoms with E-state index < -0.39 is 10.0 Å². The highest BCUT2D eigenvalue weighted by atomic mass is 32.2. The molecule has 4 nitrogen and oxygen atoms in total. The van der Waals surface area contributed by atoms with Gasteiger partial charge in [-0.1, -0.05) is 43.3 Å². The molecule has 0 saturated heterocycles. The first kappa shape index (κ1) is 17.0. The zero-order chi connectivity index (χ0) is 17.0. The van der Waals surface area contributed by atoms with Crippen molar-refractivity contribution in [2.75, 3.05) is 11.9 Å². The Morgan fingerprint density at radius 1 is 1.08 bits per heavy atom. The van der Waals surface area contributed by atoms with Crippen LogP contribution in [-0.4, -0.2) is 15.0 Å². The lowest BCUT2D eigenvalue weighted by molar-refractivity contribution is 0.584. The van der Waals surface area contributed by atoms with Crippen LogP contribution in [-0.2, 0) is 23.0 Å². The third-order valence-corrected chi connectivity index (χ3v) is 5.80. The van der Waals surface area contributed by atoms with Crippen LogP contribution in [0.25, 0.3) is 0 Å². The fourth-order valence-electron chi connectivity index (χ4n) is 2.76. The third kappa shape index (κ3) is 4.36. The molecule has 0 bridgehead atoms. The molecule has 1 aliphatic rings. The molecular formula is C19H24N2O2S. The summed E-state index contributed by atoms with van der Waals surface area (Å²) in [6, 6.07) is 15.6. The number of benzene rings is 2. The summed E-state index contributed by atoms with van der Waals surface area (Å²) >= 11 is 0. The van der Waals surface area contributed by atoms with E-state index in [1.165, 1.54) is 24.0 Å². The van der Waals surface area contributed by atoms with Crippen LogP contribution in [0.2, 0.25) is 0 Å². The highest BCUT2D eigenvalue weighted by Gasteiger charge is 2.23. The van der Waals surface area contributed by atoms with E-state index in [1.807, 2.05) is 24.3 Å². The van der Waals surface area contributed by atoms with Crippen LogP contribution in [0.4, 0.5) is 5.69 Å². The number of nitrogens with one attached hydrogen (secondary N) is 2. The van der Waals surface area contributed by atoms with Gasteiger partial charge in [0.15, 0.2) is 0 Å². The summed E-state index contributed by atoms with van der Waals surface area (Å²) in [5.74, 6) is 0.749. The molecule has 1 fully saturated rings. The molecule has 2 N–H and O–H groups in total.